The summed E-state index contributed by atoms with van der Waals surface area (Å²) in [5.41, 5.74) is 1.66. The maximum atomic E-state index is 13.2. The Bertz CT molecular complexity index is 797. The second-order valence-corrected chi connectivity index (χ2v) is 8.19. The van der Waals surface area contributed by atoms with Crippen molar-refractivity contribution >= 4 is 35.0 Å². The van der Waals surface area contributed by atoms with Crippen LogP contribution in [0.25, 0.3) is 0 Å². The van der Waals surface area contributed by atoms with Crippen molar-refractivity contribution in [3.8, 4) is 0 Å². The van der Waals surface area contributed by atoms with Crippen LogP contribution in [0.3, 0.4) is 0 Å². The number of hydrogen-bond acceptors (Lipinski definition) is 5. The number of carbonyl (C=O) groups excluding carboxylic acids is 1. The molecule has 2 heterocycles. The van der Waals surface area contributed by atoms with E-state index in [2.05, 4.69) is 20.2 Å². The van der Waals surface area contributed by atoms with Crippen LogP contribution >= 0.6 is 23.4 Å². The molecule has 1 saturated heterocycles. The summed E-state index contributed by atoms with van der Waals surface area (Å²) >= 11 is 7.28. The zero-order valence-electron chi connectivity index (χ0n) is 15.8. The number of thioether (sulfide) groups is 1. The minimum Gasteiger partial charge on any atom is -0.326 e. The van der Waals surface area contributed by atoms with Crippen LogP contribution in [-0.4, -0.2) is 40.1 Å². The third-order valence-corrected chi connectivity index (χ3v) is 5.83. The van der Waals surface area contributed by atoms with Crippen molar-refractivity contribution < 1.29 is 9.18 Å². The zero-order valence-corrected chi connectivity index (χ0v) is 17.4. The zero-order chi connectivity index (χ0) is 19.9. The number of carbonyl (C=O) groups is 1. The molecule has 0 radical (unpaired) electrons. The van der Waals surface area contributed by atoms with E-state index < -0.39 is 5.82 Å². The summed E-state index contributed by atoms with van der Waals surface area (Å²) in [5, 5.41) is 3.59. The third kappa shape index (κ3) is 6.15. The molecule has 1 N–H and O–H groups in total. The normalized spacial score (nSPS) is 15.5. The van der Waals surface area contributed by atoms with E-state index in [1.54, 1.807) is 11.8 Å². The van der Waals surface area contributed by atoms with Gasteiger partial charge in [-0.05, 0) is 62.7 Å². The molecule has 1 aliphatic heterocycles. The van der Waals surface area contributed by atoms with Crippen molar-refractivity contribution in [3.05, 3.63) is 47.0 Å². The van der Waals surface area contributed by atoms with Crippen LogP contribution in [0.2, 0.25) is 5.02 Å². The molecule has 0 saturated carbocycles. The number of rotatable bonds is 7. The summed E-state index contributed by atoms with van der Waals surface area (Å²) in [6, 6.07) is 4.21. The molecule has 150 valence electrons. The number of hydrogen-bond donors (Lipinski definition) is 1. The van der Waals surface area contributed by atoms with Crippen molar-refractivity contribution in [2.75, 3.05) is 24.7 Å². The maximum absolute atomic E-state index is 13.2. The lowest BCUT2D eigenvalue weighted by Crippen LogP contribution is -2.33. The molecule has 28 heavy (non-hydrogen) atoms. The maximum Gasteiger partial charge on any atom is 0.224 e. The summed E-state index contributed by atoms with van der Waals surface area (Å²) in [5.74, 6) is 0.00300. The monoisotopic (exact) mass is 422 g/mol. The lowest BCUT2D eigenvalue weighted by atomic mass is 9.92. The number of aromatic nitrogens is 2. The van der Waals surface area contributed by atoms with Crippen LogP contribution < -0.4 is 5.32 Å². The molecular formula is C20H24ClFN4OS. The van der Waals surface area contributed by atoms with Crippen molar-refractivity contribution in [2.45, 2.75) is 37.4 Å². The Kier molecular flexibility index (Phi) is 7.65. The molecule has 0 aliphatic carbocycles. The van der Waals surface area contributed by atoms with Crippen LogP contribution in [0.5, 0.6) is 0 Å². The molecule has 1 amide bonds. The number of benzene rings is 1. The van der Waals surface area contributed by atoms with Crippen LogP contribution in [0, 0.1) is 11.7 Å². The first-order valence-electron chi connectivity index (χ1n) is 9.35. The van der Waals surface area contributed by atoms with E-state index in [1.807, 2.05) is 18.6 Å². The van der Waals surface area contributed by atoms with Gasteiger partial charge in [0.15, 0.2) is 5.16 Å². The average molecular weight is 423 g/mol. The van der Waals surface area contributed by atoms with Gasteiger partial charge in [0.25, 0.3) is 0 Å². The van der Waals surface area contributed by atoms with E-state index in [-0.39, 0.29) is 10.9 Å². The van der Waals surface area contributed by atoms with Gasteiger partial charge in [-0.2, -0.15) is 0 Å². The number of halogens is 2. The molecule has 5 nitrogen and oxygen atoms in total. The number of nitrogens with one attached hydrogen (secondary N) is 1. The van der Waals surface area contributed by atoms with Crippen LogP contribution in [0.15, 0.2) is 35.7 Å². The van der Waals surface area contributed by atoms with Gasteiger partial charge >= 0.3 is 0 Å². The fraction of sp³-hybridized carbons (Fsp3) is 0.450. The van der Waals surface area contributed by atoms with Gasteiger partial charge in [-0.1, -0.05) is 23.4 Å². The fourth-order valence-electron chi connectivity index (χ4n) is 3.35. The molecule has 3 rings (SSSR count). The number of piperidine rings is 1. The molecule has 0 unspecified atom stereocenters. The Labute approximate surface area is 174 Å². The minimum atomic E-state index is -0.488. The van der Waals surface area contributed by atoms with E-state index in [4.69, 9.17) is 11.6 Å². The number of likely N-dealkylation sites (tertiary alicyclic amines) is 1. The lowest BCUT2D eigenvalue weighted by molar-refractivity contribution is -0.116. The Balaban J connectivity index is 1.37. The van der Waals surface area contributed by atoms with Crippen molar-refractivity contribution in [2.24, 2.45) is 5.92 Å². The minimum absolute atomic E-state index is 0.0126. The van der Waals surface area contributed by atoms with Crippen molar-refractivity contribution in [1.29, 1.82) is 0 Å². The summed E-state index contributed by atoms with van der Waals surface area (Å²) < 4.78 is 13.2. The van der Waals surface area contributed by atoms with Gasteiger partial charge in [0.2, 0.25) is 5.91 Å². The molecule has 1 aromatic carbocycles. The molecule has 2 aromatic rings. The van der Waals surface area contributed by atoms with Crippen LogP contribution in [0.4, 0.5) is 10.1 Å². The molecular weight excluding hydrogens is 399 g/mol. The van der Waals surface area contributed by atoms with Gasteiger partial charge in [-0.3, -0.25) is 9.69 Å². The van der Waals surface area contributed by atoms with E-state index >= 15 is 0 Å². The quantitative estimate of drug-likeness (QED) is 0.521. The van der Waals surface area contributed by atoms with Gasteiger partial charge in [-0.15, -0.1) is 0 Å². The SMILES string of the molecule is CSc1ncc(CN2CCC(CCC(=O)Nc3ccc(F)c(Cl)c3)CC2)cn1. The van der Waals surface area contributed by atoms with E-state index in [1.165, 1.54) is 18.2 Å². The Morgan fingerprint density at radius 3 is 2.68 bits per heavy atom. The van der Waals surface area contributed by atoms with Gasteiger partial charge in [0.1, 0.15) is 5.82 Å². The smallest absolute Gasteiger partial charge is 0.224 e. The first-order valence-corrected chi connectivity index (χ1v) is 11.0. The van der Waals surface area contributed by atoms with Crippen molar-refractivity contribution in [3.63, 3.8) is 0 Å². The van der Waals surface area contributed by atoms with Gasteiger partial charge in [-0.25, -0.2) is 14.4 Å². The number of amides is 1. The van der Waals surface area contributed by atoms with Gasteiger partial charge < -0.3 is 5.32 Å². The highest BCUT2D eigenvalue weighted by Crippen LogP contribution is 2.24. The Hall–Kier alpha value is -1.70. The van der Waals surface area contributed by atoms with Crippen LogP contribution in [0.1, 0.15) is 31.2 Å². The summed E-state index contributed by atoms with van der Waals surface area (Å²) in [7, 11) is 0. The average Bonchev–Trinajstić information content (AvgIpc) is 2.71. The molecule has 1 aliphatic rings. The highest BCUT2D eigenvalue weighted by Gasteiger charge is 2.20. The highest BCUT2D eigenvalue weighted by atomic mass is 35.5. The molecule has 1 aromatic heterocycles. The molecule has 8 heteroatoms. The van der Waals surface area contributed by atoms with Gasteiger partial charge in [0, 0.05) is 36.6 Å². The molecule has 0 spiro atoms. The first kappa shape index (κ1) is 21.0. The largest absolute Gasteiger partial charge is 0.326 e. The molecule has 0 atom stereocenters. The Morgan fingerprint density at radius 1 is 1.32 bits per heavy atom. The summed E-state index contributed by atoms with van der Waals surface area (Å²) in [4.78, 5) is 23.2. The standard InChI is InChI=1S/C20H24ClFN4OS/c1-28-20-23-11-15(12-24-20)13-26-8-6-14(7-9-26)2-5-19(27)25-16-3-4-18(22)17(21)10-16/h3-4,10-12,14H,2,5-9,13H2,1H3,(H,25,27). The number of nitrogens with zero attached hydrogens (tertiary/aromatic N) is 3. The predicted octanol–water partition coefficient (Wildman–Crippen LogP) is 4.62. The van der Waals surface area contributed by atoms with E-state index in [9.17, 15) is 9.18 Å². The second-order valence-electron chi connectivity index (χ2n) is 7.01. The first-order chi connectivity index (χ1) is 13.5. The Morgan fingerprint density at radius 2 is 2.04 bits per heavy atom. The topological polar surface area (TPSA) is 58.1 Å². The number of anilines is 1. The fourth-order valence-corrected chi connectivity index (χ4v) is 3.85. The second kappa shape index (κ2) is 10.2. The third-order valence-electron chi connectivity index (χ3n) is 4.96. The van der Waals surface area contributed by atoms with Crippen molar-refractivity contribution in [1.82, 2.24) is 14.9 Å². The summed E-state index contributed by atoms with van der Waals surface area (Å²) in [6.07, 6.45) is 9.26. The van der Waals surface area contributed by atoms with Gasteiger partial charge in [0.05, 0.1) is 5.02 Å². The van der Waals surface area contributed by atoms with E-state index in [0.717, 1.165) is 49.6 Å². The predicted molar refractivity (Wildman–Crippen MR) is 111 cm³/mol. The molecule has 1 fully saturated rings. The van der Waals surface area contributed by atoms with Crippen LogP contribution in [-0.2, 0) is 11.3 Å². The van der Waals surface area contributed by atoms with E-state index in [0.29, 0.717) is 18.0 Å². The summed E-state index contributed by atoms with van der Waals surface area (Å²) in [6.45, 7) is 2.90. The lowest BCUT2D eigenvalue weighted by Gasteiger charge is -2.31. The highest BCUT2D eigenvalue weighted by molar-refractivity contribution is 7.98. The molecule has 0 bridgehead atoms.